The maximum absolute atomic E-state index is 12.6. The van der Waals surface area contributed by atoms with Gasteiger partial charge in [0.1, 0.15) is 0 Å². The fourth-order valence-electron chi connectivity index (χ4n) is 3.38. The first-order valence-corrected chi connectivity index (χ1v) is 8.22. The van der Waals surface area contributed by atoms with E-state index in [1.165, 1.54) is 22.0 Å². The van der Waals surface area contributed by atoms with Gasteiger partial charge in [0.05, 0.1) is 23.8 Å². The lowest BCUT2D eigenvalue weighted by molar-refractivity contribution is 0.0970. The molecule has 2 aromatic carbocycles. The minimum atomic E-state index is -0.168. The molecule has 1 aliphatic rings. The van der Waals surface area contributed by atoms with Crippen molar-refractivity contribution in [1.82, 2.24) is 9.55 Å². The fraction of sp³-hybridized carbons (Fsp3) is 0.250. The third-order valence-corrected chi connectivity index (χ3v) is 4.71. The van der Waals surface area contributed by atoms with E-state index in [9.17, 15) is 9.59 Å². The van der Waals surface area contributed by atoms with Gasteiger partial charge in [0, 0.05) is 5.56 Å². The van der Waals surface area contributed by atoms with Gasteiger partial charge < -0.3 is 0 Å². The predicted molar refractivity (Wildman–Crippen MR) is 93.5 cm³/mol. The molecule has 0 atom stereocenters. The van der Waals surface area contributed by atoms with Crippen LogP contribution in [-0.2, 0) is 19.4 Å². The number of carbonyl (C=O) groups excluding carboxylic acids is 1. The van der Waals surface area contributed by atoms with Gasteiger partial charge in [0.25, 0.3) is 5.56 Å². The topological polar surface area (TPSA) is 52.0 Å². The number of benzene rings is 2. The highest BCUT2D eigenvalue weighted by Crippen LogP contribution is 2.23. The highest BCUT2D eigenvalue weighted by atomic mass is 16.1. The van der Waals surface area contributed by atoms with E-state index in [1.807, 2.05) is 43.3 Å². The molecular formula is C20H18N2O2. The van der Waals surface area contributed by atoms with Crippen molar-refractivity contribution in [2.75, 3.05) is 0 Å². The van der Waals surface area contributed by atoms with E-state index in [0.29, 0.717) is 16.5 Å². The van der Waals surface area contributed by atoms with Gasteiger partial charge >= 0.3 is 0 Å². The molecule has 0 aliphatic heterocycles. The Balaban J connectivity index is 1.67. The van der Waals surface area contributed by atoms with E-state index in [-0.39, 0.29) is 17.9 Å². The SMILES string of the molecule is Cc1ccc2ncn(CC(=O)c3ccc4c(c3)CCC4)c(=O)c2c1. The molecule has 120 valence electrons. The Kier molecular flexibility index (Phi) is 3.53. The molecule has 1 aromatic heterocycles. The van der Waals surface area contributed by atoms with Crippen molar-refractivity contribution in [2.45, 2.75) is 32.7 Å². The number of nitrogens with zero attached hydrogens (tertiary/aromatic N) is 2. The van der Waals surface area contributed by atoms with Gasteiger partial charge in [-0.05, 0) is 55.5 Å². The standard InChI is InChI=1S/C20H18N2O2/c1-13-5-8-18-17(9-13)20(24)22(12-21-18)11-19(23)16-7-6-14-3-2-4-15(14)10-16/h5-10,12H,2-4,11H2,1H3. The van der Waals surface area contributed by atoms with Crippen LogP contribution < -0.4 is 5.56 Å². The molecule has 0 amide bonds. The molecule has 0 bridgehead atoms. The van der Waals surface area contributed by atoms with Crippen LogP contribution in [0.25, 0.3) is 10.9 Å². The second-order valence-corrected chi connectivity index (χ2v) is 6.46. The molecule has 0 saturated heterocycles. The highest BCUT2D eigenvalue weighted by Gasteiger charge is 2.15. The van der Waals surface area contributed by atoms with Crippen molar-refractivity contribution >= 4 is 16.7 Å². The number of aromatic nitrogens is 2. The molecule has 0 saturated carbocycles. The van der Waals surface area contributed by atoms with E-state index < -0.39 is 0 Å². The molecular weight excluding hydrogens is 300 g/mol. The Morgan fingerprint density at radius 3 is 2.83 bits per heavy atom. The van der Waals surface area contributed by atoms with Crippen LogP contribution in [0, 0.1) is 6.92 Å². The molecule has 24 heavy (non-hydrogen) atoms. The van der Waals surface area contributed by atoms with Gasteiger partial charge in [-0.25, -0.2) is 4.98 Å². The number of rotatable bonds is 3. The zero-order valence-electron chi connectivity index (χ0n) is 13.6. The van der Waals surface area contributed by atoms with Crippen molar-refractivity contribution in [3.8, 4) is 0 Å². The minimum Gasteiger partial charge on any atom is -0.292 e. The monoisotopic (exact) mass is 318 g/mol. The molecule has 0 fully saturated rings. The first-order chi connectivity index (χ1) is 11.6. The highest BCUT2D eigenvalue weighted by molar-refractivity contribution is 5.96. The maximum atomic E-state index is 12.6. The van der Waals surface area contributed by atoms with Gasteiger partial charge in [0.15, 0.2) is 5.78 Å². The van der Waals surface area contributed by atoms with E-state index in [0.717, 1.165) is 24.8 Å². The van der Waals surface area contributed by atoms with Crippen LogP contribution in [0.3, 0.4) is 0 Å². The number of ketones is 1. The molecule has 0 unspecified atom stereocenters. The van der Waals surface area contributed by atoms with Crippen LogP contribution in [0.1, 0.15) is 33.5 Å². The van der Waals surface area contributed by atoms with E-state index in [2.05, 4.69) is 4.98 Å². The summed E-state index contributed by atoms with van der Waals surface area (Å²) >= 11 is 0. The molecule has 4 nitrogen and oxygen atoms in total. The molecule has 0 radical (unpaired) electrons. The summed E-state index contributed by atoms with van der Waals surface area (Å²) in [6.45, 7) is 1.96. The average molecular weight is 318 g/mol. The fourth-order valence-corrected chi connectivity index (χ4v) is 3.38. The number of fused-ring (bicyclic) bond motifs is 2. The Labute approximate surface area is 139 Å². The van der Waals surface area contributed by atoms with Crippen molar-refractivity contribution in [3.63, 3.8) is 0 Å². The van der Waals surface area contributed by atoms with Gasteiger partial charge in [0.2, 0.25) is 0 Å². The van der Waals surface area contributed by atoms with E-state index >= 15 is 0 Å². The Morgan fingerprint density at radius 1 is 1.12 bits per heavy atom. The molecule has 4 heteroatoms. The van der Waals surface area contributed by atoms with E-state index in [4.69, 9.17) is 0 Å². The third kappa shape index (κ3) is 2.54. The van der Waals surface area contributed by atoms with Gasteiger partial charge in [-0.2, -0.15) is 0 Å². The van der Waals surface area contributed by atoms with Crippen LogP contribution in [0.5, 0.6) is 0 Å². The Morgan fingerprint density at radius 2 is 1.96 bits per heavy atom. The van der Waals surface area contributed by atoms with Crippen molar-refractivity contribution < 1.29 is 4.79 Å². The number of hydrogen-bond acceptors (Lipinski definition) is 3. The van der Waals surface area contributed by atoms with Crippen molar-refractivity contribution in [1.29, 1.82) is 0 Å². The molecule has 1 aliphatic carbocycles. The Bertz CT molecular complexity index is 1020. The minimum absolute atomic E-state index is 0.0223. The molecule has 0 N–H and O–H groups in total. The van der Waals surface area contributed by atoms with Gasteiger partial charge in [-0.15, -0.1) is 0 Å². The zero-order valence-corrected chi connectivity index (χ0v) is 13.6. The summed E-state index contributed by atoms with van der Waals surface area (Å²) in [7, 11) is 0. The molecule has 0 spiro atoms. The van der Waals surface area contributed by atoms with Crippen LogP contribution in [0.4, 0.5) is 0 Å². The summed E-state index contributed by atoms with van der Waals surface area (Å²) in [6.07, 6.45) is 4.75. The van der Waals surface area contributed by atoms with Gasteiger partial charge in [-0.3, -0.25) is 14.2 Å². The van der Waals surface area contributed by atoms with E-state index in [1.54, 1.807) is 0 Å². The first kappa shape index (κ1) is 14.8. The van der Waals surface area contributed by atoms with Crippen LogP contribution >= 0.6 is 0 Å². The lowest BCUT2D eigenvalue weighted by atomic mass is 10.0. The lowest BCUT2D eigenvalue weighted by Crippen LogP contribution is -2.24. The number of aryl methyl sites for hydroxylation is 3. The smallest absolute Gasteiger partial charge is 0.261 e. The third-order valence-electron chi connectivity index (χ3n) is 4.71. The number of carbonyl (C=O) groups is 1. The number of Topliss-reactive ketones (excluding diaryl/α,β-unsaturated/α-hetero) is 1. The normalized spacial score (nSPS) is 13.2. The first-order valence-electron chi connectivity index (χ1n) is 8.22. The second kappa shape index (κ2) is 5.71. The average Bonchev–Trinajstić information content (AvgIpc) is 3.05. The van der Waals surface area contributed by atoms with Crippen molar-refractivity contribution in [3.05, 3.63) is 75.3 Å². The van der Waals surface area contributed by atoms with Crippen LogP contribution in [-0.4, -0.2) is 15.3 Å². The van der Waals surface area contributed by atoms with Crippen molar-refractivity contribution in [2.24, 2.45) is 0 Å². The maximum Gasteiger partial charge on any atom is 0.261 e. The van der Waals surface area contributed by atoms with Crippen LogP contribution in [0.2, 0.25) is 0 Å². The van der Waals surface area contributed by atoms with Crippen LogP contribution in [0.15, 0.2) is 47.5 Å². The summed E-state index contributed by atoms with van der Waals surface area (Å²) < 4.78 is 1.40. The molecule has 3 aromatic rings. The summed E-state index contributed by atoms with van der Waals surface area (Å²) in [5, 5.41) is 0.555. The quantitative estimate of drug-likeness (QED) is 0.697. The lowest BCUT2D eigenvalue weighted by Gasteiger charge is -2.08. The summed E-state index contributed by atoms with van der Waals surface area (Å²) in [5.41, 5.74) is 4.77. The largest absolute Gasteiger partial charge is 0.292 e. The summed E-state index contributed by atoms with van der Waals surface area (Å²) in [6, 6.07) is 11.5. The molecule has 4 rings (SSSR count). The Hall–Kier alpha value is -2.75. The summed E-state index contributed by atoms with van der Waals surface area (Å²) in [4.78, 5) is 29.5. The predicted octanol–water partition coefficient (Wildman–Crippen LogP) is 3.08. The molecule has 1 heterocycles. The number of hydrogen-bond donors (Lipinski definition) is 0. The second-order valence-electron chi connectivity index (χ2n) is 6.46. The van der Waals surface area contributed by atoms with Gasteiger partial charge in [-0.1, -0.05) is 23.8 Å². The zero-order chi connectivity index (χ0) is 16.7. The summed E-state index contributed by atoms with van der Waals surface area (Å²) in [5.74, 6) is -0.0550.